The number of carbonyl (C=O) groups excluding carboxylic acids is 1. The topological polar surface area (TPSA) is 72.5 Å². The minimum atomic E-state index is -3.31. The predicted octanol–water partition coefficient (Wildman–Crippen LogP) is 1.36. The summed E-state index contributed by atoms with van der Waals surface area (Å²) in [6.45, 7) is 0. The monoisotopic (exact) mass is 301 g/mol. The average molecular weight is 301 g/mol. The lowest BCUT2D eigenvalue weighted by Gasteiger charge is -2.35. The molecular formula is C13H16FNO4S. The molecule has 0 amide bonds. The lowest BCUT2D eigenvalue weighted by Crippen LogP contribution is -2.55. The third-order valence-electron chi connectivity index (χ3n) is 3.33. The molecule has 0 aliphatic carbocycles. The minimum Gasteiger partial charge on any atom is -0.467 e. The van der Waals surface area contributed by atoms with Crippen LogP contribution in [0, 0.1) is 5.82 Å². The number of hydrogen-bond donors (Lipinski definition) is 1. The average Bonchev–Trinajstić information content (AvgIpc) is 2.39. The van der Waals surface area contributed by atoms with Crippen LogP contribution in [-0.2, 0) is 19.4 Å². The predicted molar refractivity (Wildman–Crippen MR) is 72.7 cm³/mol. The van der Waals surface area contributed by atoms with Crippen LogP contribution in [0.25, 0.3) is 0 Å². The number of carbonyl (C=O) groups is 1. The number of ether oxygens (including phenoxy) is 1. The van der Waals surface area contributed by atoms with Crippen molar-refractivity contribution in [2.75, 3.05) is 23.9 Å². The minimum absolute atomic E-state index is 0.0663. The van der Waals surface area contributed by atoms with E-state index < -0.39 is 27.2 Å². The highest BCUT2D eigenvalue weighted by Crippen LogP contribution is 2.28. The SMILES string of the molecule is COC(=O)C1(Nc2ccc(F)cc2)CCCS(=O)(=O)C1. The number of rotatable bonds is 3. The summed E-state index contributed by atoms with van der Waals surface area (Å²) < 4.78 is 41.3. The standard InChI is InChI=1S/C13H16FNO4S/c1-19-12(16)13(7-2-8-20(17,18)9-13)15-11-5-3-10(14)4-6-11/h3-6,15H,2,7-9H2,1H3. The van der Waals surface area contributed by atoms with Crippen LogP contribution < -0.4 is 5.32 Å². The molecule has 0 saturated carbocycles. The van der Waals surface area contributed by atoms with Gasteiger partial charge in [0.15, 0.2) is 9.84 Å². The number of sulfone groups is 1. The van der Waals surface area contributed by atoms with Crippen LogP contribution in [-0.4, -0.2) is 38.5 Å². The fraction of sp³-hybridized carbons (Fsp3) is 0.462. The summed E-state index contributed by atoms with van der Waals surface area (Å²) >= 11 is 0. The van der Waals surface area contributed by atoms with E-state index in [1.54, 1.807) is 0 Å². The Morgan fingerprint density at radius 2 is 2.00 bits per heavy atom. The molecule has 0 bridgehead atoms. The molecule has 0 spiro atoms. The number of halogens is 1. The molecule has 1 fully saturated rings. The first kappa shape index (κ1) is 14.8. The Morgan fingerprint density at radius 1 is 1.35 bits per heavy atom. The van der Waals surface area contributed by atoms with Crippen molar-refractivity contribution in [3.05, 3.63) is 30.1 Å². The van der Waals surface area contributed by atoms with Gasteiger partial charge < -0.3 is 10.1 Å². The van der Waals surface area contributed by atoms with Crippen molar-refractivity contribution in [1.82, 2.24) is 0 Å². The molecule has 5 nitrogen and oxygen atoms in total. The zero-order chi connectivity index (χ0) is 14.8. The van der Waals surface area contributed by atoms with Crippen molar-refractivity contribution in [1.29, 1.82) is 0 Å². The quantitative estimate of drug-likeness (QED) is 0.853. The fourth-order valence-electron chi connectivity index (χ4n) is 2.43. The van der Waals surface area contributed by atoms with Crippen molar-refractivity contribution < 1.29 is 22.3 Å². The maximum absolute atomic E-state index is 12.9. The molecule has 1 atom stereocenters. The van der Waals surface area contributed by atoms with E-state index in [1.165, 1.54) is 31.4 Å². The van der Waals surface area contributed by atoms with E-state index in [1.807, 2.05) is 0 Å². The zero-order valence-electron chi connectivity index (χ0n) is 11.1. The van der Waals surface area contributed by atoms with Gasteiger partial charge in [-0.1, -0.05) is 0 Å². The second-order valence-electron chi connectivity index (χ2n) is 4.90. The number of nitrogens with one attached hydrogen (secondary N) is 1. The van der Waals surface area contributed by atoms with Crippen molar-refractivity contribution >= 4 is 21.5 Å². The number of methoxy groups -OCH3 is 1. The van der Waals surface area contributed by atoms with E-state index in [9.17, 15) is 17.6 Å². The second-order valence-corrected chi connectivity index (χ2v) is 7.09. The summed E-state index contributed by atoms with van der Waals surface area (Å²) in [5, 5.41) is 2.91. The number of anilines is 1. The summed E-state index contributed by atoms with van der Waals surface area (Å²) in [6.07, 6.45) is 0.738. The number of hydrogen-bond acceptors (Lipinski definition) is 5. The lowest BCUT2D eigenvalue weighted by molar-refractivity contribution is -0.145. The van der Waals surface area contributed by atoms with Gasteiger partial charge in [0.1, 0.15) is 11.4 Å². The van der Waals surface area contributed by atoms with Gasteiger partial charge in [0.25, 0.3) is 0 Å². The molecule has 2 rings (SSSR count). The Labute approximate surface area is 117 Å². The number of benzene rings is 1. The molecule has 1 aliphatic rings. The van der Waals surface area contributed by atoms with E-state index in [0.717, 1.165) is 0 Å². The summed E-state index contributed by atoms with van der Waals surface area (Å²) in [4.78, 5) is 12.0. The molecule has 7 heteroatoms. The molecule has 1 aliphatic heterocycles. The third-order valence-corrected chi connectivity index (χ3v) is 5.17. The van der Waals surface area contributed by atoms with E-state index in [2.05, 4.69) is 5.32 Å². The molecule has 1 aromatic carbocycles. The fourth-order valence-corrected chi connectivity index (χ4v) is 4.24. The van der Waals surface area contributed by atoms with Gasteiger partial charge in [-0.25, -0.2) is 17.6 Å². The van der Waals surface area contributed by atoms with Gasteiger partial charge in [-0.05, 0) is 37.1 Å². The Bertz CT molecular complexity index is 599. The molecule has 0 radical (unpaired) electrons. The van der Waals surface area contributed by atoms with Crippen molar-refractivity contribution in [3.8, 4) is 0 Å². The first-order valence-corrected chi connectivity index (χ1v) is 8.02. The molecule has 1 saturated heterocycles. The second kappa shape index (κ2) is 5.40. The van der Waals surface area contributed by atoms with Crippen molar-refractivity contribution in [2.45, 2.75) is 18.4 Å². The largest absolute Gasteiger partial charge is 0.467 e. The number of esters is 1. The Balaban J connectivity index is 2.32. The van der Waals surface area contributed by atoms with Crippen molar-refractivity contribution in [3.63, 3.8) is 0 Å². The van der Waals surface area contributed by atoms with Crippen LogP contribution >= 0.6 is 0 Å². The maximum atomic E-state index is 12.9. The summed E-state index contributed by atoms with van der Waals surface area (Å²) in [5.41, 5.74) is -0.821. The van der Waals surface area contributed by atoms with Gasteiger partial charge in [-0.15, -0.1) is 0 Å². The highest BCUT2D eigenvalue weighted by atomic mass is 32.2. The van der Waals surface area contributed by atoms with Crippen LogP contribution in [0.15, 0.2) is 24.3 Å². The highest BCUT2D eigenvalue weighted by molar-refractivity contribution is 7.91. The third kappa shape index (κ3) is 3.09. The van der Waals surface area contributed by atoms with Gasteiger partial charge in [-0.3, -0.25) is 0 Å². The first-order valence-electron chi connectivity index (χ1n) is 6.19. The zero-order valence-corrected chi connectivity index (χ0v) is 11.9. The highest BCUT2D eigenvalue weighted by Gasteiger charge is 2.46. The lowest BCUT2D eigenvalue weighted by atomic mass is 9.95. The van der Waals surface area contributed by atoms with Gasteiger partial charge in [-0.2, -0.15) is 0 Å². The summed E-state index contributed by atoms with van der Waals surface area (Å²) in [7, 11) is -2.09. The van der Waals surface area contributed by atoms with Gasteiger partial charge in [0, 0.05) is 5.69 Å². The Hall–Kier alpha value is -1.63. The van der Waals surface area contributed by atoms with E-state index in [4.69, 9.17) is 4.74 Å². The molecule has 0 aromatic heterocycles. The molecule has 20 heavy (non-hydrogen) atoms. The molecular weight excluding hydrogens is 285 g/mol. The van der Waals surface area contributed by atoms with Gasteiger partial charge >= 0.3 is 5.97 Å². The summed E-state index contributed by atoms with van der Waals surface area (Å²) in [5.74, 6) is -1.27. The van der Waals surface area contributed by atoms with Crippen LogP contribution in [0.5, 0.6) is 0 Å². The van der Waals surface area contributed by atoms with Crippen LogP contribution in [0.1, 0.15) is 12.8 Å². The molecule has 1 aromatic rings. The first-order chi connectivity index (χ1) is 9.37. The normalized spacial score (nSPS) is 24.9. The maximum Gasteiger partial charge on any atom is 0.332 e. The van der Waals surface area contributed by atoms with Gasteiger partial charge in [0.2, 0.25) is 0 Å². The smallest absolute Gasteiger partial charge is 0.332 e. The van der Waals surface area contributed by atoms with E-state index in [0.29, 0.717) is 18.5 Å². The molecule has 1 N–H and O–H groups in total. The van der Waals surface area contributed by atoms with E-state index >= 15 is 0 Å². The van der Waals surface area contributed by atoms with Crippen LogP contribution in [0.4, 0.5) is 10.1 Å². The molecule has 110 valence electrons. The molecule has 1 unspecified atom stereocenters. The van der Waals surface area contributed by atoms with Crippen molar-refractivity contribution in [2.24, 2.45) is 0 Å². The molecule has 1 heterocycles. The van der Waals surface area contributed by atoms with Gasteiger partial charge in [0.05, 0.1) is 18.6 Å². The van der Waals surface area contributed by atoms with Crippen LogP contribution in [0.3, 0.4) is 0 Å². The summed E-state index contributed by atoms with van der Waals surface area (Å²) in [6, 6.07) is 5.40. The Morgan fingerprint density at radius 3 is 2.55 bits per heavy atom. The Kier molecular flexibility index (Phi) is 3.99. The van der Waals surface area contributed by atoms with E-state index in [-0.39, 0.29) is 11.5 Å². The van der Waals surface area contributed by atoms with Crippen LogP contribution in [0.2, 0.25) is 0 Å².